The molecule has 0 bridgehead atoms. The number of rotatable bonds is 0. The van der Waals surface area contributed by atoms with Crippen molar-refractivity contribution in [3.05, 3.63) is 17.5 Å². The second-order valence-electron chi connectivity index (χ2n) is 3.75. The highest BCUT2D eigenvalue weighted by Gasteiger charge is 2.38. The number of nitrogens with one attached hydrogen (secondary N) is 1. The van der Waals surface area contributed by atoms with Crippen LogP contribution in [-0.4, -0.2) is 21.7 Å². The lowest BCUT2D eigenvalue weighted by Crippen LogP contribution is -2.34. The summed E-state index contributed by atoms with van der Waals surface area (Å²) in [4.78, 5) is 22.2. The largest absolute Gasteiger partial charge is 0.350 e. The molecular formula is C8H10N4O2. The van der Waals surface area contributed by atoms with Gasteiger partial charge in [0.15, 0.2) is 5.69 Å². The van der Waals surface area contributed by atoms with E-state index >= 15 is 0 Å². The topological polar surface area (TPSA) is 90.0 Å². The van der Waals surface area contributed by atoms with E-state index in [0.29, 0.717) is 5.56 Å². The van der Waals surface area contributed by atoms with Crippen molar-refractivity contribution < 1.29 is 9.59 Å². The quantitative estimate of drug-likeness (QED) is 0.598. The van der Waals surface area contributed by atoms with E-state index in [1.165, 1.54) is 6.20 Å². The molecule has 1 aromatic rings. The van der Waals surface area contributed by atoms with E-state index in [1.54, 1.807) is 0 Å². The molecule has 1 aliphatic rings. The Morgan fingerprint density at radius 3 is 2.79 bits per heavy atom. The maximum absolute atomic E-state index is 11.4. The normalized spacial score (nSPS) is 17.7. The van der Waals surface area contributed by atoms with Crippen molar-refractivity contribution in [2.45, 2.75) is 19.4 Å². The minimum atomic E-state index is -0.692. The van der Waals surface area contributed by atoms with Gasteiger partial charge in [-0.3, -0.25) is 4.79 Å². The fourth-order valence-corrected chi connectivity index (χ4v) is 1.52. The predicted molar refractivity (Wildman–Crippen MR) is 47.7 cm³/mol. The summed E-state index contributed by atoms with van der Waals surface area (Å²) in [6.45, 7) is 3.67. The molecule has 0 aliphatic carbocycles. The molecule has 0 fully saturated rings. The zero-order valence-electron chi connectivity index (χ0n) is 7.87. The molecule has 0 spiro atoms. The smallest absolute Gasteiger partial charge is 0.339 e. The molecule has 1 aromatic heterocycles. The Labute approximate surface area is 80.1 Å². The summed E-state index contributed by atoms with van der Waals surface area (Å²) < 4.78 is 0.977. The first-order valence-corrected chi connectivity index (χ1v) is 4.14. The van der Waals surface area contributed by atoms with Gasteiger partial charge in [-0.2, -0.15) is 9.78 Å². The number of fused-ring (bicyclic) bond motifs is 1. The molecule has 74 valence electrons. The number of carbonyl (C=O) groups is 2. The molecule has 0 atom stereocenters. The maximum Gasteiger partial charge on any atom is 0.339 e. The highest BCUT2D eigenvalue weighted by atomic mass is 16.2. The standard InChI is InChI=1S/C8H10N4O2/c1-8(2)4-3-12(7(9)14)11-5(4)6(13)10-8/h3H,1-2H3,(H2,9,14)(H,10,13). The number of hydrogen-bond acceptors (Lipinski definition) is 3. The zero-order chi connectivity index (χ0) is 10.5. The van der Waals surface area contributed by atoms with Gasteiger partial charge >= 0.3 is 6.03 Å². The van der Waals surface area contributed by atoms with Gasteiger partial charge in [0, 0.05) is 11.8 Å². The molecule has 6 heteroatoms. The van der Waals surface area contributed by atoms with Crippen LogP contribution in [0, 0.1) is 0 Å². The predicted octanol–water partition coefficient (Wildman–Crippen LogP) is -0.212. The fraction of sp³-hybridized carbons (Fsp3) is 0.375. The van der Waals surface area contributed by atoms with Gasteiger partial charge in [-0.25, -0.2) is 4.79 Å². The van der Waals surface area contributed by atoms with Crippen LogP contribution in [0.1, 0.15) is 29.9 Å². The third-order valence-electron chi connectivity index (χ3n) is 2.25. The Morgan fingerprint density at radius 2 is 2.29 bits per heavy atom. The monoisotopic (exact) mass is 194 g/mol. The first kappa shape index (κ1) is 8.74. The molecule has 0 aromatic carbocycles. The van der Waals surface area contributed by atoms with Crippen LogP contribution < -0.4 is 11.1 Å². The fourth-order valence-electron chi connectivity index (χ4n) is 1.52. The first-order valence-electron chi connectivity index (χ1n) is 4.14. The highest BCUT2D eigenvalue weighted by Crippen LogP contribution is 2.28. The second-order valence-corrected chi connectivity index (χ2v) is 3.75. The molecule has 14 heavy (non-hydrogen) atoms. The summed E-state index contributed by atoms with van der Waals surface area (Å²) in [5, 5.41) is 6.53. The average molecular weight is 194 g/mol. The number of carbonyl (C=O) groups excluding carboxylic acids is 2. The SMILES string of the molecule is CC1(C)NC(=O)c2nn(C(N)=O)cc21. The highest BCUT2D eigenvalue weighted by molar-refractivity contribution is 5.98. The van der Waals surface area contributed by atoms with Gasteiger partial charge in [0.2, 0.25) is 0 Å². The van der Waals surface area contributed by atoms with Crippen molar-refractivity contribution in [1.29, 1.82) is 0 Å². The van der Waals surface area contributed by atoms with Gasteiger partial charge < -0.3 is 11.1 Å². The number of nitrogens with two attached hydrogens (primary N) is 1. The first-order chi connectivity index (χ1) is 6.42. The van der Waals surface area contributed by atoms with Crippen molar-refractivity contribution in [3.63, 3.8) is 0 Å². The van der Waals surface area contributed by atoms with E-state index in [2.05, 4.69) is 10.4 Å². The van der Waals surface area contributed by atoms with Gasteiger partial charge in [-0.05, 0) is 13.8 Å². The number of primary amides is 1. The maximum atomic E-state index is 11.4. The van der Waals surface area contributed by atoms with Gasteiger partial charge in [-0.15, -0.1) is 0 Å². The van der Waals surface area contributed by atoms with Crippen LogP contribution in [0.15, 0.2) is 6.20 Å². The van der Waals surface area contributed by atoms with Crippen molar-refractivity contribution in [2.24, 2.45) is 5.73 Å². The Morgan fingerprint density at radius 1 is 1.64 bits per heavy atom. The van der Waals surface area contributed by atoms with Gasteiger partial charge in [0.1, 0.15) is 0 Å². The summed E-state index contributed by atoms with van der Waals surface area (Å²) in [5.41, 5.74) is 5.52. The summed E-state index contributed by atoms with van der Waals surface area (Å²) in [5.74, 6) is -0.273. The zero-order valence-corrected chi connectivity index (χ0v) is 7.87. The summed E-state index contributed by atoms with van der Waals surface area (Å²) in [6.07, 6.45) is 1.48. The summed E-state index contributed by atoms with van der Waals surface area (Å²) in [6, 6.07) is -0.692. The molecule has 6 nitrogen and oxygen atoms in total. The minimum Gasteiger partial charge on any atom is -0.350 e. The molecule has 2 rings (SSSR count). The Kier molecular flexibility index (Phi) is 1.46. The van der Waals surface area contributed by atoms with Crippen LogP contribution in [0.5, 0.6) is 0 Å². The van der Waals surface area contributed by atoms with Crippen molar-refractivity contribution in [3.8, 4) is 0 Å². The van der Waals surface area contributed by atoms with Crippen LogP contribution in [0.4, 0.5) is 4.79 Å². The number of nitrogens with zero attached hydrogens (tertiary/aromatic N) is 2. The van der Waals surface area contributed by atoms with Crippen LogP contribution in [0.2, 0.25) is 0 Å². The van der Waals surface area contributed by atoms with Gasteiger partial charge in [0.25, 0.3) is 5.91 Å². The molecule has 2 amide bonds. The molecule has 1 aliphatic heterocycles. The summed E-state index contributed by atoms with van der Waals surface area (Å²) >= 11 is 0. The number of hydrogen-bond donors (Lipinski definition) is 2. The molecule has 2 heterocycles. The van der Waals surface area contributed by atoms with Crippen LogP contribution in [0.3, 0.4) is 0 Å². The number of amides is 2. The van der Waals surface area contributed by atoms with Gasteiger partial charge in [-0.1, -0.05) is 0 Å². The molecular weight excluding hydrogens is 184 g/mol. The average Bonchev–Trinajstić information content (AvgIpc) is 2.53. The number of aromatic nitrogens is 2. The summed E-state index contributed by atoms with van der Waals surface area (Å²) in [7, 11) is 0. The lowest BCUT2D eigenvalue weighted by molar-refractivity contribution is 0.0934. The van der Waals surface area contributed by atoms with Gasteiger partial charge in [0.05, 0.1) is 5.54 Å². The van der Waals surface area contributed by atoms with Crippen LogP contribution >= 0.6 is 0 Å². The second kappa shape index (κ2) is 2.34. The van der Waals surface area contributed by atoms with Crippen molar-refractivity contribution >= 4 is 11.9 Å². The Balaban J connectivity index is 2.58. The third-order valence-corrected chi connectivity index (χ3v) is 2.25. The molecule has 0 unspecified atom stereocenters. The Bertz CT molecular complexity index is 433. The molecule has 3 N–H and O–H groups in total. The Hall–Kier alpha value is -1.85. The third kappa shape index (κ3) is 1.00. The molecule has 0 saturated carbocycles. The van der Waals surface area contributed by atoms with E-state index in [1.807, 2.05) is 13.8 Å². The van der Waals surface area contributed by atoms with E-state index < -0.39 is 11.6 Å². The van der Waals surface area contributed by atoms with E-state index in [0.717, 1.165) is 4.68 Å². The van der Waals surface area contributed by atoms with Crippen LogP contribution in [-0.2, 0) is 5.54 Å². The van der Waals surface area contributed by atoms with Crippen molar-refractivity contribution in [1.82, 2.24) is 15.1 Å². The van der Waals surface area contributed by atoms with E-state index in [4.69, 9.17) is 5.73 Å². The van der Waals surface area contributed by atoms with Crippen LogP contribution in [0.25, 0.3) is 0 Å². The van der Waals surface area contributed by atoms with E-state index in [-0.39, 0.29) is 11.6 Å². The molecule has 0 radical (unpaired) electrons. The lowest BCUT2D eigenvalue weighted by Gasteiger charge is -2.17. The van der Waals surface area contributed by atoms with Crippen molar-refractivity contribution in [2.75, 3.05) is 0 Å². The van der Waals surface area contributed by atoms with E-state index in [9.17, 15) is 9.59 Å². The lowest BCUT2D eigenvalue weighted by atomic mass is 10.00. The minimum absolute atomic E-state index is 0.272. The molecule has 0 saturated heterocycles.